The number of carbonyl (C=O) groups is 3. The quantitative estimate of drug-likeness (QED) is 0.0284. The Kier molecular flexibility index (Phi) is 36.0. The van der Waals surface area contributed by atoms with Crippen molar-refractivity contribution in [2.75, 3.05) is 13.2 Å². The third-order valence-corrected chi connectivity index (χ3v) is 8.68. The maximum absolute atomic E-state index is 12.6. The molecule has 0 aromatic carbocycles. The van der Waals surface area contributed by atoms with Crippen LogP contribution in [0.4, 0.5) is 0 Å². The summed E-state index contributed by atoms with van der Waals surface area (Å²) in [6, 6.07) is 0. The Balaban J connectivity index is 4.29. The molecule has 0 amide bonds. The summed E-state index contributed by atoms with van der Waals surface area (Å²) in [5, 5.41) is 0. The lowest BCUT2D eigenvalue weighted by Gasteiger charge is -2.18. The summed E-state index contributed by atoms with van der Waals surface area (Å²) in [5.74, 6) is -0.912. The molecule has 0 aliphatic carbocycles. The summed E-state index contributed by atoms with van der Waals surface area (Å²) in [7, 11) is 0. The molecule has 0 heterocycles. The molecule has 48 heavy (non-hydrogen) atoms. The number of ether oxygens (including phenoxy) is 3. The van der Waals surface area contributed by atoms with Gasteiger partial charge < -0.3 is 14.2 Å². The fourth-order valence-corrected chi connectivity index (χ4v) is 5.55. The molecule has 0 aromatic rings. The van der Waals surface area contributed by atoms with E-state index in [0.29, 0.717) is 19.3 Å². The van der Waals surface area contributed by atoms with Gasteiger partial charge in [0, 0.05) is 19.3 Å². The van der Waals surface area contributed by atoms with Crippen LogP contribution in [-0.4, -0.2) is 37.2 Å². The van der Waals surface area contributed by atoms with Crippen LogP contribution in [0.5, 0.6) is 0 Å². The van der Waals surface area contributed by atoms with E-state index in [1.165, 1.54) is 83.5 Å². The zero-order valence-corrected chi connectivity index (χ0v) is 31.8. The summed E-state index contributed by atoms with van der Waals surface area (Å²) in [5.41, 5.74) is 0. The molecule has 0 fully saturated rings. The zero-order valence-electron chi connectivity index (χ0n) is 31.8. The van der Waals surface area contributed by atoms with Gasteiger partial charge in [-0.15, -0.1) is 0 Å². The number of carbonyl (C=O) groups excluding carboxylic acids is 3. The normalized spacial score (nSPS) is 12.1. The van der Waals surface area contributed by atoms with Crippen LogP contribution in [-0.2, 0) is 28.6 Å². The van der Waals surface area contributed by atoms with E-state index in [4.69, 9.17) is 14.2 Å². The standard InChI is InChI=1S/C42H76O6/c1-4-7-10-13-15-17-19-21-23-24-26-29-32-35-41(44)47-38-39(37-46-40(43)34-31-28-12-9-6-3)48-42(45)36-33-30-27-25-22-20-18-16-14-11-8-5-2/h16-19,39H,4-15,20-38H2,1-3H3/b18-16-,19-17-. The Bertz CT molecular complexity index is 789. The molecule has 0 bridgehead atoms. The van der Waals surface area contributed by atoms with E-state index < -0.39 is 6.10 Å². The Morgan fingerprint density at radius 1 is 0.396 bits per heavy atom. The second-order valence-corrected chi connectivity index (χ2v) is 13.5. The van der Waals surface area contributed by atoms with Gasteiger partial charge >= 0.3 is 17.9 Å². The van der Waals surface area contributed by atoms with Gasteiger partial charge in [-0.25, -0.2) is 0 Å². The van der Waals surface area contributed by atoms with E-state index in [-0.39, 0.29) is 31.1 Å². The first-order chi connectivity index (χ1) is 23.5. The molecule has 1 unspecified atom stereocenters. The van der Waals surface area contributed by atoms with Crippen molar-refractivity contribution in [3.05, 3.63) is 24.3 Å². The van der Waals surface area contributed by atoms with Crippen LogP contribution < -0.4 is 0 Å². The van der Waals surface area contributed by atoms with Gasteiger partial charge in [0.2, 0.25) is 0 Å². The first-order valence-electron chi connectivity index (χ1n) is 20.3. The molecule has 0 spiro atoms. The van der Waals surface area contributed by atoms with E-state index in [9.17, 15) is 14.4 Å². The largest absolute Gasteiger partial charge is 0.462 e. The lowest BCUT2D eigenvalue weighted by molar-refractivity contribution is -0.167. The first-order valence-corrected chi connectivity index (χ1v) is 20.3. The highest BCUT2D eigenvalue weighted by Crippen LogP contribution is 2.13. The fourth-order valence-electron chi connectivity index (χ4n) is 5.55. The van der Waals surface area contributed by atoms with Crippen molar-refractivity contribution < 1.29 is 28.6 Å². The predicted octanol–water partition coefficient (Wildman–Crippen LogP) is 12.5. The molecular formula is C42H76O6. The van der Waals surface area contributed by atoms with Gasteiger partial charge in [-0.3, -0.25) is 14.4 Å². The fraction of sp³-hybridized carbons (Fsp3) is 0.833. The lowest BCUT2D eigenvalue weighted by atomic mass is 10.1. The Hall–Kier alpha value is -2.11. The number of hydrogen-bond donors (Lipinski definition) is 0. The lowest BCUT2D eigenvalue weighted by Crippen LogP contribution is -2.30. The van der Waals surface area contributed by atoms with Gasteiger partial charge in [-0.1, -0.05) is 141 Å². The highest BCUT2D eigenvalue weighted by molar-refractivity contribution is 5.71. The highest BCUT2D eigenvalue weighted by Gasteiger charge is 2.19. The van der Waals surface area contributed by atoms with Crippen molar-refractivity contribution in [3.63, 3.8) is 0 Å². The summed E-state index contributed by atoms with van der Waals surface area (Å²) < 4.78 is 16.5. The van der Waals surface area contributed by atoms with E-state index in [1.54, 1.807) is 0 Å². The average Bonchev–Trinajstić information content (AvgIpc) is 3.08. The van der Waals surface area contributed by atoms with Crippen LogP contribution in [0.2, 0.25) is 0 Å². The van der Waals surface area contributed by atoms with Gasteiger partial charge in [-0.2, -0.15) is 0 Å². The van der Waals surface area contributed by atoms with Gasteiger partial charge in [-0.05, 0) is 70.6 Å². The molecule has 0 radical (unpaired) electrons. The van der Waals surface area contributed by atoms with Crippen LogP contribution >= 0.6 is 0 Å². The summed E-state index contributed by atoms with van der Waals surface area (Å²) >= 11 is 0. The third kappa shape index (κ3) is 35.2. The van der Waals surface area contributed by atoms with Gasteiger partial charge in [0.1, 0.15) is 13.2 Å². The Morgan fingerprint density at radius 2 is 0.688 bits per heavy atom. The molecule has 0 saturated carbocycles. The topological polar surface area (TPSA) is 78.9 Å². The molecular weight excluding hydrogens is 600 g/mol. The molecule has 0 aliphatic heterocycles. The first kappa shape index (κ1) is 45.9. The molecule has 6 heteroatoms. The van der Waals surface area contributed by atoms with Crippen LogP contribution in [0, 0.1) is 0 Å². The van der Waals surface area contributed by atoms with Crippen molar-refractivity contribution in [2.45, 2.75) is 213 Å². The van der Waals surface area contributed by atoms with Crippen LogP contribution in [0.1, 0.15) is 207 Å². The predicted molar refractivity (Wildman–Crippen MR) is 201 cm³/mol. The van der Waals surface area contributed by atoms with Crippen molar-refractivity contribution >= 4 is 17.9 Å². The molecule has 0 aromatic heterocycles. The molecule has 1 atom stereocenters. The number of unbranched alkanes of at least 4 members (excludes halogenated alkanes) is 21. The molecule has 280 valence electrons. The van der Waals surface area contributed by atoms with E-state index in [2.05, 4.69) is 45.1 Å². The third-order valence-electron chi connectivity index (χ3n) is 8.68. The summed E-state index contributed by atoms with van der Waals surface area (Å²) in [4.78, 5) is 37.3. The smallest absolute Gasteiger partial charge is 0.306 e. The van der Waals surface area contributed by atoms with Crippen LogP contribution in [0.3, 0.4) is 0 Å². The van der Waals surface area contributed by atoms with Gasteiger partial charge in [0.05, 0.1) is 0 Å². The van der Waals surface area contributed by atoms with Crippen molar-refractivity contribution in [2.24, 2.45) is 0 Å². The number of rotatable bonds is 36. The highest BCUT2D eigenvalue weighted by atomic mass is 16.6. The van der Waals surface area contributed by atoms with Gasteiger partial charge in [0.15, 0.2) is 6.10 Å². The zero-order chi connectivity index (χ0) is 35.2. The SMILES string of the molecule is CCCCC/C=C\CCCCCCCC(=O)OC(COC(=O)CCCCCCC)COC(=O)CCCCCCC/C=C\CCCCCC. The second kappa shape index (κ2) is 37.7. The molecule has 0 rings (SSSR count). The van der Waals surface area contributed by atoms with Gasteiger partial charge in [0.25, 0.3) is 0 Å². The number of hydrogen-bond acceptors (Lipinski definition) is 6. The van der Waals surface area contributed by atoms with E-state index >= 15 is 0 Å². The molecule has 0 N–H and O–H groups in total. The average molecular weight is 677 g/mol. The minimum absolute atomic E-state index is 0.0774. The number of esters is 3. The Labute approximate surface area is 296 Å². The van der Waals surface area contributed by atoms with Crippen LogP contribution in [0.15, 0.2) is 24.3 Å². The van der Waals surface area contributed by atoms with Crippen molar-refractivity contribution in [1.29, 1.82) is 0 Å². The van der Waals surface area contributed by atoms with Crippen molar-refractivity contribution in [3.8, 4) is 0 Å². The monoisotopic (exact) mass is 677 g/mol. The molecule has 0 saturated heterocycles. The molecule has 0 aliphatic rings. The summed E-state index contributed by atoms with van der Waals surface area (Å²) in [6.07, 6.45) is 39.0. The minimum atomic E-state index is -0.769. The van der Waals surface area contributed by atoms with Crippen LogP contribution in [0.25, 0.3) is 0 Å². The minimum Gasteiger partial charge on any atom is -0.462 e. The summed E-state index contributed by atoms with van der Waals surface area (Å²) in [6.45, 7) is 6.48. The number of allylic oxidation sites excluding steroid dienone is 4. The maximum Gasteiger partial charge on any atom is 0.306 e. The maximum atomic E-state index is 12.6. The Morgan fingerprint density at radius 3 is 1.10 bits per heavy atom. The second-order valence-electron chi connectivity index (χ2n) is 13.5. The molecule has 6 nitrogen and oxygen atoms in total. The van der Waals surface area contributed by atoms with Crippen molar-refractivity contribution in [1.82, 2.24) is 0 Å². The van der Waals surface area contributed by atoms with E-state index in [1.807, 2.05) is 0 Å². The van der Waals surface area contributed by atoms with E-state index in [0.717, 1.165) is 83.5 Å².